The van der Waals surface area contributed by atoms with E-state index in [0.29, 0.717) is 55.3 Å². The number of hydrogen-bond donors (Lipinski definition) is 1. The molecule has 0 spiro atoms. The maximum absolute atomic E-state index is 13.4. The van der Waals surface area contributed by atoms with Crippen LogP contribution in [0.4, 0.5) is 0 Å². The van der Waals surface area contributed by atoms with Crippen LogP contribution in [0.25, 0.3) is 16.6 Å². The highest BCUT2D eigenvalue weighted by atomic mass is 32.2. The fourth-order valence-electron chi connectivity index (χ4n) is 3.75. The van der Waals surface area contributed by atoms with Gasteiger partial charge in [0.1, 0.15) is 12.4 Å². The molecule has 4 rings (SSSR count). The Morgan fingerprint density at radius 2 is 1.67 bits per heavy atom. The summed E-state index contributed by atoms with van der Waals surface area (Å²) in [7, 11) is -2.41. The van der Waals surface area contributed by atoms with E-state index in [1.165, 1.54) is 10.6 Å². The van der Waals surface area contributed by atoms with E-state index in [4.69, 9.17) is 18.9 Å². The van der Waals surface area contributed by atoms with Crippen molar-refractivity contribution in [2.24, 2.45) is 0 Å². The monoisotopic (exact) mass is 516 g/mol. The molecule has 0 aliphatic heterocycles. The number of nitrogens with zero attached hydrogens (tertiary/aromatic N) is 3. The van der Waals surface area contributed by atoms with Gasteiger partial charge in [-0.1, -0.05) is 17.7 Å². The number of aryl methyl sites for hydroxylation is 2. The lowest BCUT2D eigenvalue weighted by Gasteiger charge is -2.09. The van der Waals surface area contributed by atoms with Crippen LogP contribution in [-0.4, -0.2) is 75.0 Å². The minimum absolute atomic E-state index is 0.0820. The van der Waals surface area contributed by atoms with E-state index in [1.807, 2.05) is 6.92 Å². The molecule has 192 valence electrons. The molecule has 4 aromatic rings. The number of fused-ring (bicyclic) bond motifs is 3. The van der Waals surface area contributed by atoms with Crippen LogP contribution >= 0.6 is 0 Å². The number of ether oxygens (including phenoxy) is 4. The summed E-state index contributed by atoms with van der Waals surface area (Å²) in [5.41, 5.74) is 1.27. The number of H-pyrrole nitrogens is 1. The Bertz CT molecular complexity index is 1530. The molecule has 2 aromatic carbocycles. The molecule has 0 aliphatic carbocycles. The smallest absolute Gasteiger partial charge is 0.281 e. The molecular weight excluding hydrogens is 488 g/mol. The molecule has 0 radical (unpaired) electrons. The first-order valence-electron chi connectivity index (χ1n) is 11.3. The largest absolute Gasteiger partial charge is 0.491 e. The van der Waals surface area contributed by atoms with Gasteiger partial charge in [-0.2, -0.15) is 4.98 Å². The minimum Gasteiger partial charge on any atom is -0.491 e. The molecule has 0 unspecified atom stereocenters. The Balaban J connectivity index is 1.55. The van der Waals surface area contributed by atoms with Crippen LogP contribution in [0.3, 0.4) is 0 Å². The Hall–Kier alpha value is -3.32. The summed E-state index contributed by atoms with van der Waals surface area (Å²) in [6.07, 6.45) is 0. The normalized spacial score (nSPS) is 12.0. The number of nitrogens with one attached hydrogen (secondary N) is 1. The van der Waals surface area contributed by atoms with Crippen molar-refractivity contribution in [3.63, 3.8) is 0 Å². The Kier molecular flexibility index (Phi) is 7.99. The van der Waals surface area contributed by atoms with Gasteiger partial charge < -0.3 is 18.9 Å². The minimum atomic E-state index is -4.03. The molecule has 11 nitrogen and oxygen atoms in total. The molecule has 0 fully saturated rings. The molecule has 0 bridgehead atoms. The standard InChI is InChI=1S/C24H28N4O7S/c1-16-4-7-21(17(2)14-16)36(30,31)24-22-25-23(29)19-6-5-18(15-20(19)28(22)27-26-24)35-13-12-34-11-10-33-9-8-32-3/h4-7,14-15,27H,8-13H2,1-3H3. The Morgan fingerprint density at radius 3 is 2.39 bits per heavy atom. The van der Waals surface area contributed by atoms with Gasteiger partial charge in [0, 0.05) is 13.2 Å². The maximum atomic E-state index is 13.4. The second-order valence-corrected chi connectivity index (χ2v) is 9.94. The predicted octanol–water partition coefficient (Wildman–Crippen LogP) is 2.08. The summed E-state index contributed by atoms with van der Waals surface area (Å²) in [6, 6.07) is 9.88. The second kappa shape index (κ2) is 11.2. The number of sulfone groups is 1. The fraction of sp³-hybridized carbons (Fsp3) is 0.375. The van der Waals surface area contributed by atoms with Gasteiger partial charge in [-0.25, -0.2) is 18.1 Å². The lowest BCUT2D eigenvalue weighted by Crippen LogP contribution is -2.13. The highest BCUT2D eigenvalue weighted by Gasteiger charge is 2.27. The summed E-state index contributed by atoms with van der Waals surface area (Å²) in [5, 5.41) is 6.67. The topological polar surface area (TPSA) is 134 Å². The van der Waals surface area contributed by atoms with Crippen LogP contribution in [-0.2, 0) is 24.0 Å². The van der Waals surface area contributed by atoms with Crippen molar-refractivity contribution >= 4 is 26.4 Å². The molecule has 0 atom stereocenters. The van der Waals surface area contributed by atoms with Gasteiger partial charge in [-0.3, -0.25) is 4.79 Å². The second-order valence-electron chi connectivity index (χ2n) is 8.11. The van der Waals surface area contributed by atoms with E-state index in [-0.39, 0.29) is 22.2 Å². The van der Waals surface area contributed by atoms with E-state index in [2.05, 4.69) is 15.3 Å². The number of benzene rings is 2. The zero-order valence-electron chi connectivity index (χ0n) is 20.3. The summed E-state index contributed by atoms with van der Waals surface area (Å²) in [5.74, 6) is 0.482. The van der Waals surface area contributed by atoms with Crippen LogP contribution in [0.2, 0.25) is 0 Å². The van der Waals surface area contributed by atoms with E-state index < -0.39 is 15.4 Å². The maximum Gasteiger partial charge on any atom is 0.281 e. The van der Waals surface area contributed by atoms with E-state index in [9.17, 15) is 13.2 Å². The average Bonchev–Trinajstić information content (AvgIpc) is 3.27. The molecule has 0 saturated carbocycles. The lowest BCUT2D eigenvalue weighted by molar-refractivity contribution is 0.0180. The van der Waals surface area contributed by atoms with E-state index in [0.717, 1.165) is 5.56 Å². The summed E-state index contributed by atoms with van der Waals surface area (Å²) >= 11 is 0. The molecule has 2 heterocycles. The third-order valence-corrected chi connectivity index (χ3v) is 7.30. The van der Waals surface area contributed by atoms with Gasteiger partial charge in [0.15, 0.2) is 5.65 Å². The van der Waals surface area contributed by atoms with Crippen LogP contribution in [0.15, 0.2) is 51.1 Å². The third-order valence-electron chi connectivity index (χ3n) is 5.48. The number of hydrogen-bond acceptors (Lipinski definition) is 9. The van der Waals surface area contributed by atoms with E-state index >= 15 is 0 Å². The Labute approximate surface area is 207 Å². The molecule has 0 aliphatic rings. The van der Waals surface area contributed by atoms with Gasteiger partial charge in [0.25, 0.3) is 5.56 Å². The number of methoxy groups -OCH3 is 1. The summed E-state index contributed by atoms with van der Waals surface area (Å²) in [6.45, 7) is 6.15. The predicted molar refractivity (Wildman–Crippen MR) is 131 cm³/mol. The number of rotatable bonds is 12. The van der Waals surface area contributed by atoms with Gasteiger partial charge in [0.2, 0.25) is 14.9 Å². The van der Waals surface area contributed by atoms with Crippen molar-refractivity contribution in [2.75, 3.05) is 46.8 Å². The van der Waals surface area contributed by atoms with Crippen molar-refractivity contribution in [1.82, 2.24) is 19.8 Å². The van der Waals surface area contributed by atoms with Crippen LogP contribution in [0.5, 0.6) is 5.75 Å². The SMILES string of the molecule is COCCOCCOCCOc1ccc2c(=O)nc3c(S(=O)(=O)c4ccc(C)cc4C)n[nH]n3c2c1. The highest BCUT2D eigenvalue weighted by Crippen LogP contribution is 2.27. The van der Waals surface area contributed by atoms with Crippen molar-refractivity contribution in [2.45, 2.75) is 23.8 Å². The van der Waals surface area contributed by atoms with Gasteiger partial charge in [-0.05, 0) is 37.6 Å². The van der Waals surface area contributed by atoms with Gasteiger partial charge in [0.05, 0.1) is 48.8 Å². The highest BCUT2D eigenvalue weighted by molar-refractivity contribution is 7.91. The zero-order valence-corrected chi connectivity index (χ0v) is 21.1. The van der Waals surface area contributed by atoms with E-state index in [1.54, 1.807) is 44.4 Å². The number of aromatic nitrogens is 4. The zero-order chi connectivity index (χ0) is 25.7. The summed E-state index contributed by atoms with van der Waals surface area (Å²) in [4.78, 5) is 16.8. The summed E-state index contributed by atoms with van der Waals surface area (Å²) < 4.78 is 49.5. The third kappa shape index (κ3) is 5.41. The first kappa shape index (κ1) is 25.8. The molecule has 0 saturated heterocycles. The van der Waals surface area contributed by atoms with Crippen LogP contribution in [0, 0.1) is 13.8 Å². The van der Waals surface area contributed by atoms with Crippen molar-refractivity contribution < 1.29 is 27.4 Å². The van der Waals surface area contributed by atoms with Gasteiger partial charge >= 0.3 is 0 Å². The molecular formula is C24H28N4O7S. The average molecular weight is 517 g/mol. The fourth-order valence-corrected chi connectivity index (χ4v) is 5.22. The first-order valence-corrected chi connectivity index (χ1v) is 12.8. The quantitative estimate of drug-likeness (QED) is 0.281. The van der Waals surface area contributed by atoms with Gasteiger partial charge in [-0.15, -0.1) is 5.10 Å². The lowest BCUT2D eigenvalue weighted by atomic mass is 10.2. The van der Waals surface area contributed by atoms with Crippen LogP contribution in [0.1, 0.15) is 11.1 Å². The van der Waals surface area contributed by atoms with Crippen molar-refractivity contribution in [3.8, 4) is 5.75 Å². The number of aromatic amines is 1. The van der Waals surface area contributed by atoms with Crippen molar-refractivity contribution in [1.29, 1.82) is 0 Å². The molecule has 2 aromatic heterocycles. The van der Waals surface area contributed by atoms with Crippen LogP contribution < -0.4 is 10.3 Å². The molecule has 1 N–H and O–H groups in total. The first-order chi connectivity index (χ1) is 17.3. The molecule has 0 amide bonds. The molecule has 12 heteroatoms. The Morgan fingerprint density at radius 1 is 0.944 bits per heavy atom. The van der Waals surface area contributed by atoms with Crippen molar-refractivity contribution in [3.05, 3.63) is 57.9 Å². The molecule has 36 heavy (non-hydrogen) atoms.